The van der Waals surface area contributed by atoms with Crippen LogP contribution < -0.4 is 4.90 Å². The van der Waals surface area contributed by atoms with Gasteiger partial charge in [-0.3, -0.25) is 0 Å². The quantitative estimate of drug-likeness (QED) is 0.817. The maximum atomic E-state index is 2.56. The topological polar surface area (TPSA) is 6.48 Å². The molecule has 1 aliphatic rings. The van der Waals surface area contributed by atoms with E-state index in [4.69, 9.17) is 0 Å². The fraction of sp³-hybridized carbons (Fsp3) is 0.647. The normalized spacial score (nSPS) is 24.3. The van der Waals surface area contributed by atoms with Crippen LogP contribution in [0.2, 0.25) is 0 Å². The molecule has 1 aromatic carbocycles. The lowest BCUT2D eigenvalue weighted by molar-refractivity contribution is 0.229. The van der Waals surface area contributed by atoms with Gasteiger partial charge in [0.15, 0.2) is 0 Å². The van der Waals surface area contributed by atoms with Gasteiger partial charge >= 0.3 is 0 Å². The van der Waals surface area contributed by atoms with Gasteiger partial charge in [0.05, 0.1) is 0 Å². The smallest absolute Gasteiger partial charge is 0.0368 e. The van der Waals surface area contributed by atoms with Crippen LogP contribution in [0, 0.1) is 0 Å². The second-order valence-electron chi connectivity index (χ2n) is 6.43. The molecular formula is C17H28N2. The first-order valence-corrected chi connectivity index (χ1v) is 7.52. The molecule has 1 saturated heterocycles. The number of piperidine rings is 1. The van der Waals surface area contributed by atoms with Gasteiger partial charge in [-0.1, -0.05) is 26.0 Å². The number of anilines is 1. The van der Waals surface area contributed by atoms with Gasteiger partial charge in [0.2, 0.25) is 0 Å². The molecule has 0 amide bonds. The van der Waals surface area contributed by atoms with Crippen molar-refractivity contribution in [2.24, 2.45) is 0 Å². The molecule has 2 atom stereocenters. The maximum Gasteiger partial charge on any atom is 0.0368 e. The minimum Gasteiger partial charge on any atom is -0.369 e. The van der Waals surface area contributed by atoms with Crippen LogP contribution in [0.1, 0.15) is 45.1 Å². The van der Waals surface area contributed by atoms with Gasteiger partial charge in [0.25, 0.3) is 0 Å². The number of rotatable bonds is 3. The van der Waals surface area contributed by atoms with Crippen molar-refractivity contribution in [1.29, 1.82) is 0 Å². The van der Waals surface area contributed by atoms with Crippen LogP contribution in [0.25, 0.3) is 0 Å². The summed E-state index contributed by atoms with van der Waals surface area (Å²) in [5.41, 5.74) is 2.81. The van der Waals surface area contributed by atoms with Crippen molar-refractivity contribution in [2.45, 2.75) is 51.6 Å². The monoisotopic (exact) mass is 260 g/mol. The summed E-state index contributed by atoms with van der Waals surface area (Å²) in [5.74, 6) is 0.617. The molecule has 2 nitrogen and oxygen atoms in total. The van der Waals surface area contributed by atoms with E-state index >= 15 is 0 Å². The molecule has 0 bridgehead atoms. The average molecular weight is 260 g/mol. The Morgan fingerprint density at radius 1 is 1.16 bits per heavy atom. The second-order valence-corrected chi connectivity index (χ2v) is 6.43. The Labute approximate surface area is 118 Å². The van der Waals surface area contributed by atoms with E-state index in [0.717, 1.165) is 6.04 Å². The molecule has 0 aliphatic carbocycles. The largest absolute Gasteiger partial charge is 0.369 e. The predicted molar refractivity (Wildman–Crippen MR) is 84.0 cm³/mol. The number of benzene rings is 1. The van der Waals surface area contributed by atoms with Crippen LogP contribution in [0.4, 0.5) is 5.69 Å². The lowest BCUT2D eigenvalue weighted by Crippen LogP contribution is -2.47. The first-order chi connectivity index (χ1) is 8.99. The molecule has 0 spiro atoms. The Balaban J connectivity index is 2.06. The van der Waals surface area contributed by atoms with E-state index in [1.165, 1.54) is 30.6 Å². The van der Waals surface area contributed by atoms with Crippen molar-refractivity contribution in [3.05, 3.63) is 29.8 Å². The fourth-order valence-corrected chi connectivity index (χ4v) is 3.05. The molecule has 1 heterocycles. The summed E-state index contributed by atoms with van der Waals surface area (Å²) in [6.07, 6.45) is 2.53. The Bertz CT molecular complexity index is 394. The SMILES string of the molecule is CC(C)c1ccc(N2CCC(N(C)C)CC2C)cc1. The summed E-state index contributed by atoms with van der Waals surface area (Å²) in [4.78, 5) is 4.93. The fourth-order valence-electron chi connectivity index (χ4n) is 3.05. The molecule has 0 N–H and O–H groups in total. The average Bonchev–Trinajstić information content (AvgIpc) is 2.38. The zero-order valence-corrected chi connectivity index (χ0v) is 13.1. The zero-order chi connectivity index (χ0) is 14.0. The van der Waals surface area contributed by atoms with Crippen molar-refractivity contribution in [3.8, 4) is 0 Å². The van der Waals surface area contributed by atoms with Gasteiger partial charge in [-0.15, -0.1) is 0 Å². The summed E-state index contributed by atoms with van der Waals surface area (Å²) in [6.45, 7) is 8.03. The highest BCUT2D eigenvalue weighted by Gasteiger charge is 2.26. The minimum atomic E-state index is 0.617. The summed E-state index contributed by atoms with van der Waals surface area (Å²) in [7, 11) is 4.40. The molecule has 1 fully saturated rings. The molecule has 0 saturated carbocycles. The Morgan fingerprint density at radius 2 is 1.79 bits per heavy atom. The summed E-state index contributed by atoms with van der Waals surface area (Å²) in [5, 5.41) is 0. The van der Waals surface area contributed by atoms with Gasteiger partial charge in [-0.25, -0.2) is 0 Å². The molecule has 1 aliphatic heterocycles. The van der Waals surface area contributed by atoms with E-state index < -0.39 is 0 Å². The first-order valence-electron chi connectivity index (χ1n) is 7.52. The molecule has 1 aromatic rings. The maximum absolute atomic E-state index is 2.56. The third-order valence-electron chi connectivity index (χ3n) is 4.47. The standard InChI is InChI=1S/C17H28N2/c1-13(2)15-6-8-16(9-7-15)19-11-10-17(18(4)5)12-14(19)3/h6-9,13-14,17H,10-12H2,1-5H3. The first kappa shape index (κ1) is 14.4. The molecule has 2 unspecified atom stereocenters. The van der Waals surface area contributed by atoms with E-state index in [-0.39, 0.29) is 0 Å². The third kappa shape index (κ3) is 3.30. The lowest BCUT2D eigenvalue weighted by Gasteiger charge is -2.41. The second kappa shape index (κ2) is 5.96. The molecule has 0 aromatic heterocycles. The Morgan fingerprint density at radius 3 is 2.26 bits per heavy atom. The van der Waals surface area contributed by atoms with Gasteiger partial charge < -0.3 is 9.80 Å². The van der Waals surface area contributed by atoms with E-state index in [1.54, 1.807) is 0 Å². The van der Waals surface area contributed by atoms with Gasteiger partial charge in [-0.2, -0.15) is 0 Å². The molecule has 106 valence electrons. The Kier molecular flexibility index (Phi) is 4.51. The molecular weight excluding hydrogens is 232 g/mol. The van der Waals surface area contributed by atoms with Gasteiger partial charge in [0, 0.05) is 24.3 Å². The van der Waals surface area contributed by atoms with Gasteiger partial charge in [0.1, 0.15) is 0 Å². The minimum absolute atomic E-state index is 0.617. The van der Waals surface area contributed by atoms with Crippen molar-refractivity contribution in [1.82, 2.24) is 4.90 Å². The van der Waals surface area contributed by atoms with Crippen LogP contribution in [0.15, 0.2) is 24.3 Å². The summed E-state index contributed by atoms with van der Waals surface area (Å²) in [6, 6.07) is 10.5. The highest BCUT2D eigenvalue weighted by molar-refractivity contribution is 5.49. The van der Waals surface area contributed by atoms with Crippen molar-refractivity contribution < 1.29 is 0 Å². The number of nitrogens with zero attached hydrogens (tertiary/aromatic N) is 2. The van der Waals surface area contributed by atoms with Crippen LogP contribution in [0.5, 0.6) is 0 Å². The molecule has 0 radical (unpaired) electrons. The van der Waals surface area contributed by atoms with Crippen LogP contribution >= 0.6 is 0 Å². The van der Waals surface area contributed by atoms with E-state index in [0.29, 0.717) is 12.0 Å². The molecule has 2 heteroatoms. The van der Waals surface area contributed by atoms with Crippen molar-refractivity contribution in [3.63, 3.8) is 0 Å². The Hall–Kier alpha value is -1.02. The lowest BCUT2D eigenvalue weighted by atomic mass is 9.96. The van der Waals surface area contributed by atoms with Crippen molar-refractivity contribution >= 4 is 5.69 Å². The third-order valence-corrected chi connectivity index (χ3v) is 4.47. The predicted octanol–water partition coefficient (Wildman–Crippen LogP) is 3.73. The zero-order valence-electron chi connectivity index (χ0n) is 13.1. The van der Waals surface area contributed by atoms with Crippen molar-refractivity contribution in [2.75, 3.05) is 25.5 Å². The molecule has 2 rings (SSSR count). The molecule has 19 heavy (non-hydrogen) atoms. The number of hydrogen-bond acceptors (Lipinski definition) is 2. The highest BCUT2D eigenvalue weighted by Crippen LogP contribution is 2.27. The van der Waals surface area contributed by atoms with Gasteiger partial charge in [-0.05, 0) is 57.5 Å². The number of hydrogen-bond donors (Lipinski definition) is 0. The van der Waals surface area contributed by atoms with Crippen LogP contribution in [-0.2, 0) is 0 Å². The van der Waals surface area contributed by atoms with Crippen LogP contribution in [0.3, 0.4) is 0 Å². The highest BCUT2D eigenvalue weighted by atomic mass is 15.2. The summed E-state index contributed by atoms with van der Waals surface area (Å²) < 4.78 is 0. The van der Waals surface area contributed by atoms with E-state index in [9.17, 15) is 0 Å². The summed E-state index contributed by atoms with van der Waals surface area (Å²) >= 11 is 0. The van der Waals surface area contributed by atoms with Crippen LogP contribution in [-0.4, -0.2) is 37.6 Å². The van der Waals surface area contributed by atoms with E-state index in [2.05, 4.69) is 68.9 Å². The van der Waals surface area contributed by atoms with E-state index in [1.807, 2.05) is 0 Å².